The number of nitrogens with zero attached hydrogens (tertiary/aromatic N) is 4. The van der Waals surface area contributed by atoms with Crippen LogP contribution in [0.5, 0.6) is 0 Å². The van der Waals surface area contributed by atoms with Crippen molar-refractivity contribution < 1.29 is 18.1 Å². The topological polar surface area (TPSA) is 110 Å². The fourth-order valence-electron chi connectivity index (χ4n) is 1.71. The van der Waals surface area contributed by atoms with Crippen LogP contribution in [0.1, 0.15) is 28.5 Å². The molecule has 0 radical (unpaired) electrons. The van der Waals surface area contributed by atoms with Crippen LogP contribution in [0.2, 0.25) is 0 Å². The zero-order valence-electron chi connectivity index (χ0n) is 10.4. The molecule has 0 aliphatic rings. The van der Waals surface area contributed by atoms with Gasteiger partial charge in [-0.1, -0.05) is 5.16 Å². The largest absolute Gasteiger partial charge is 0.344 e. The van der Waals surface area contributed by atoms with Crippen LogP contribution in [0.4, 0.5) is 8.78 Å². The Bertz CT molecular complexity index is 784. The van der Waals surface area contributed by atoms with Crippen LogP contribution in [0, 0.1) is 0 Å². The molecule has 0 aromatic carbocycles. The number of amides is 1. The van der Waals surface area contributed by atoms with Crippen LogP contribution in [0.25, 0.3) is 11.0 Å². The van der Waals surface area contributed by atoms with Gasteiger partial charge in [-0.05, 0) is 0 Å². The summed E-state index contributed by atoms with van der Waals surface area (Å²) in [7, 11) is 0. The average molecular weight is 294 g/mol. The Morgan fingerprint density at radius 3 is 3.05 bits per heavy atom. The lowest BCUT2D eigenvalue weighted by Gasteiger charge is -2.02. The fraction of sp³-hybridized carbons (Fsp3) is 0.182. The van der Waals surface area contributed by atoms with E-state index >= 15 is 0 Å². The van der Waals surface area contributed by atoms with Crippen molar-refractivity contribution in [2.24, 2.45) is 0 Å². The van der Waals surface area contributed by atoms with Gasteiger partial charge in [0.15, 0.2) is 5.82 Å². The molecule has 0 bridgehead atoms. The number of aromatic nitrogens is 5. The number of halogens is 2. The van der Waals surface area contributed by atoms with Crippen LogP contribution in [0.15, 0.2) is 23.2 Å². The number of alkyl halides is 2. The molecule has 0 atom stereocenters. The molecule has 3 rings (SSSR count). The molecule has 2 N–H and O–H groups in total. The summed E-state index contributed by atoms with van der Waals surface area (Å²) in [5.74, 6) is -1.29. The highest BCUT2D eigenvalue weighted by Gasteiger charge is 2.17. The van der Waals surface area contributed by atoms with Gasteiger partial charge in [-0.25, -0.2) is 4.98 Å². The SMILES string of the molecule is O=C(NCc1noc(C(F)F)n1)c1cncc2[nH]cnc12. The summed E-state index contributed by atoms with van der Waals surface area (Å²) < 4.78 is 28.9. The maximum absolute atomic E-state index is 12.3. The Labute approximate surface area is 115 Å². The van der Waals surface area contributed by atoms with Gasteiger partial charge in [0, 0.05) is 6.20 Å². The van der Waals surface area contributed by atoms with Crippen molar-refractivity contribution in [3.8, 4) is 0 Å². The standard InChI is InChI=1S/C11H8F2N6O2/c12-9(13)11-18-7(19-21-11)3-15-10(20)5-1-14-2-6-8(5)17-4-16-6/h1-2,4,9H,3H2,(H,15,20)(H,16,17). The van der Waals surface area contributed by atoms with E-state index in [1.165, 1.54) is 18.7 Å². The summed E-state index contributed by atoms with van der Waals surface area (Å²) in [4.78, 5) is 26.2. The second-order valence-electron chi connectivity index (χ2n) is 4.02. The van der Waals surface area contributed by atoms with Gasteiger partial charge in [0.2, 0.25) is 0 Å². The number of imidazole rings is 1. The Kier molecular flexibility index (Phi) is 3.26. The van der Waals surface area contributed by atoms with Gasteiger partial charge < -0.3 is 14.8 Å². The van der Waals surface area contributed by atoms with E-state index < -0.39 is 18.2 Å². The first kappa shape index (κ1) is 13.1. The lowest BCUT2D eigenvalue weighted by atomic mass is 10.2. The first-order valence-electron chi connectivity index (χ1n) is 5.81. The quantitative estimate of drug-likeness (QED) is 0.748. The monoisotopic (exact) mass is 294 g/mol. The van der Waals surface area contributed by atoms with Gasteiger partial charge in [-0.15, -0.1) is 0 Å². The minimum Gasteiger partial charge on any atom is -0.344 e. The molecule has 1 amide bonds. The van der Waals surface area contributed by atoms with Crippen LogP contribution < -0.4 is 5.32 Å². The Morgan fingerprint density at radius 1 is 1.43 bits per heavy atom. The maximum atomic E-state index is 12.3. The minimum atomic E-state index is -2.84. The van der Waals surface area contributed by atoms with Crippen LogP contribution >= 0.6 is 0 Å². The van der Waals surface area contributed by atoms with E-state index in [-0.39, 0.29) is 17.9 Å². The van der Waals surface area contributed by atoms with Gasteiger partial charge in [0.05, 0.1) is 30.1 Å². The number of aromatic amines is 1. The van der Waals surface area contributed by atoms with Crippen molar-refractivity contribution in [1.82, 2.24) is 30.4 Å². The van der Waals surface area contributed by atoms with Gasteiger partial charge in [-0.3, -0.25) is 9.78 Å². The lowest BCUT2D eigenvalue weighted by molar-refractivity contribution is 0.0950. The molecule has 0 unspecified atom stereocenters. The zero-order valence-corrected chi connectivity index (χ0v) is 10.4. The van der Waals surface area contributed by atoms with Crippen molar-refractivity contribution >= 4 is 16.9 Å². The van der Waals surface area contributed by atoms with Crippen LogP contribution in [-0.4, -0.2) is 31.0 Å². The van der Waals surface area contributed by atoms with E-state index in [1.807, 2.05) is 0 Å². The van der Waals surface area contributed by atoms with Crippen molar-refractivity contribution in [2.75, 3.05) is 0 Å². The maximum Gasteiger partial charge on any atom is 0.315 e. The molecule has 3 aromatic heterocycles. The molecule has 0 spiro atoms. The van der Waals surface area contributed by atoms with E-state index in [9.17, 15) is 13.6 Å². The molecule has 108 valence electrons. The summed E-state index contributed by atoms with van der Waals surface area (Å²) in [6, 6.07) is 0. The molecular weight excluding hydrogens is 286 g/mol. The summed E-state index contributed by atoms with van der Waals surface area (Å²) in [6.45, 7) is -0.143. The lowest BCUT2D eigenvalue weighted by Crippen LogP contribution is -2.23. The number of H-pyrrole nitrogens is 1. The molecule has 0 saturated heterocycles. The first-order valence-corrected chi connectivity index (χ1v) is 5.81. The highest BCUT2D eigenvalue weighted by Crippen LogP contribution is 2.16. The molecule has 0 saturated carbocycles. The second kappa shape index (κ2) is 5.23. The summed E-state index contributed by atoms with van der Waals surface area (Å²) in [5.41, 5.74) is 1.33. The number of fused-ring (bicyclic) bond motifs is 1. The number of nitrogens with one attached hydrogen (secondary N) is 2. The molecular formula is C11H8F2N6O2. The number of rotatable bonds is 4. The summed E-state index contributed by atoms with van der Waals surface area (Å²) >= 11 is 0. The summed E-state index contributed by atoms with van der Waals surface area (Å²) in [5, 5.41) is 5.82. The Morgan fingerprint density at radius 2 is 2.29 bits per heavy atom. The smallest absolute Gasteiger partial charge is 0.315 e. The van der Waals surface area contributed by atoms with E-state index in [1.54, 1.807) is 0 Å². The fourth-order valence-corrected chi connectivity index (χ4v) is 1.71. The zero-order chi connectivity index (χ0) is 14.8. The van der Waals surface area contributed by atoms with Gasteiger partial charge in [0.25, 0.3) is 11.8 Å². The molecule has 3 aromatic rings. The number of pyridine rings is 1. The molecule has 21 heavy (non-hydrogen) atoms. The van der Waals surface area contributed by atoms with Crippen molar-refractivity contribution in [2.45, 2.75) is 13.0 Å². The molecule has 3 heterocycles. The first-order chi connectivity index (χ1) is 10.1. The number of carbonyl (C=O) groups is 1. The van der Waals surface area contributed by atoms with Gasteiger partial charge in [-0.2, -0.15) is 13.8 Å². The molecule has 0 fully saturated rings. The van der Waals surface area contributed by atoms with Crippen molar-refractivity contribution in [3.05, 3.63) is 36.0 Å². The predicted molar refractivity (Wildman–Crippen MR) is 64.3 cm³/mol. The number of hydrogen-bond acceptors (Lipinski definition) is 6. The van der Waals surface area contributed by atoms with E-state index in [4.69, 9.17) is 0 Å². The minimum absolute atomic E-state index is 0.0409. The second-order valence-corrected chi connectivity index (χ2v) is 4.02. The molecule has 10 heteroatoms. The van der Waals surface area contributed by atoms with Crippen molar-refractivity contribution in [1.29, 1.82) is 0 Å². The van der Waals surface area contributed by atoms with Gasteiger partial charge in [0.1, 0.15) is 5.52 Å². The Hall–Kier alpha value is -2.91. The highest BCUT2D eigenvalue weighted by atomic mass is 19.3. The van der Waals surface area contributed by atoms with Crippen LogP contribution in [-0.2, 0) is 6.54 Å². The predicted octanol–water partition coefficient (Wildman–Crippen LogP) is 1.21. The number of hydrogen-bond donors (Lipinski definition) is 2. The Balaban J connectivity index is 1.73. The normalized spacial score (nSPS) is 11.2. The highest BCUT2D eigenvalue weighted by molar-refractivity contribution is 6.04. The summed E-state index contributed by atoms with van der Waals surface area (Å²) in [6.07, 6.45) is 1.49. The molecule has 0 aliphatic carbocycles. The molecule has 8 nitrogen and oxygen atoms in total. The van der Waals surface area contributed by atoms with Crippen molar-refractivity contribution in [3.63, 3.8) is 0 Å². The average Bonchev–Trinajstić information content (AvgIpc) is 3.12. The van der Waals surface area contributed by atoms with E-state index in [2.05, 4.69) is 34.9 Å². The third-order valence-corrected chi connectivity index (χ3v) is 2.65. The third kappa shape index (κ3) is 2.55. The van der Waals surface area contributed by atoms with E-state index in [0.717, 1.165) is 0 Å². The molecule has 0 aliphatic heterocycles. The number of carbonyl (C=O) groups excluding carboxylic acids is 1. The third-order valence-electron chi connectivity index (χ3n) is 2.65. The van der Waals surface area contributed by atoms with Crippen LogP contribution in [0.3, 0.4) is 0 Å². The van der Waals surface area contributed by atoms with Gasteiger partial charge >= 0.3 is 6.43 Å². The van der Waals surface area contributed by atoms with E-state index in [0.29, 0.717) is 11.0 Å².